The highest BCUT2D eigenvalue weighted by Gasteiger charge is 2.22. The summed E-state index contributed by atoms with van der Waals surface area (Å²) in [6.45, 7) is 15.8. The van der Waals surface area contributed by atoms with E-state index in [2.05, 4.69) is 95.5 Å². The number of nitrogens with zero attached hydrogens (tertiary/aromatic N) is 1. The summed E-state index contributed by atoms with van der Waals surface area (Å²) in [6, 6.07) is 17.7. The second kappa shape index (κ2) is 22.3. The van der Waals surface area contributed by atoms with E-state index in [4.69, 9.17) is 4.99 Å². The molecule has 0 saturated heterocycles. The molecule has 1 atom stereocenters. The van der Waals surface area contributed by atoms with Gasteiger partial charge in [0.1, 0.15) is 0 Å². The maximum absolute atomic E-state index is 4.73. The lowest BCUT2D eigenvalue weighted by atomic mass is 9.82. The Hall–Kier alpha value is -2.29. The Labute approximate surface area is 255 Å². The first-order chi connectivity index (χ1) is 19.8. The predicted molar refractivity (Wildman–Crippen MR) is 187 cm³/mol. The molecule has 1 fully saturated rings. The number of benzene rings is 2. The van der Waals surface area contributed by atoms with Crippen molar-refractivity contribution in [3.05, 3.63) is 59.7 Å². The summed E-state index contributed by atoms with van der Waals surface area (Å²) >= 11 is 0. The van der Waals surface area contributed by atoms with Gasteiger partial charge in [0.25, 0.3) is 0 Å². The van der Waals surface area contributed by atoms with Crippen LogP contribution in [0.3, 0.4) is 0 Å². The monoisotopic (exact) mass is 564 g/mol. The Kier molecular flexibility index (Phi) is 20.0. The first-order valence-electron chi connectivity index (χ1n) is 16.9. The van der Waals surface area contributed by atoms with Crippen LogP contribution in [0.5, 0.6) is 0 Å². The van der Waals surface area contributed by atoms with Crippen molar-refractivity contribution in [2.45, 2.75) is 132 Å². The molecule has 1 saturated carbocycles. The summed E-state index contributed by atoms with van der Waals surface area (Å²) < 4.78 is 0. The largest absolute Gasteiger partial charge is 0.388 e. The number of aryl methyl sites for hydroxylation is 1. The normalized spacial score (nSPS) is 14.6. The van der Waals surface area contributed by atoms with E-state index >= 15 is 0 Å². The van der Waals surface area contributed by atoms with Gasteiger partial charge in [0.2, 0.25) is 0 Å². The number of anilines is 2. The quantitative estimate of drug-likeness (QED) is 0.238. The Bertz CT molecular complexity index is 936. The lowest BCUT2D eigenvalue weighted by Crippen LogP contribution is -2.25. The van der Waals surface area contributed by atoms with Crippen molar-refractivity contribution in [3.8, 4) is 0 Å². The molecule has 232 valence electrons. The SMILES string of the molecule is CCCC(C)CCC.CCCC(CC(C)C)Nc1ccccc1C(=NC)C1CCCCC1.CNc1cccc(C)c1. The van der Waals surface area contributed by atoms with Crippen molar-refractivity contribution < 1.29 is 0 Å². The van der Waals surface area contributed by atoms with E-state index in [0.29, 0.717) is 12.0 Å². The van der Waals surface area contributed by atoms with E-state index in [1.807, 2.05) is 26.2 Å². The first kappa shape index (κ1) is 36.7. The van der Waals surface area contributed by atoms with Gasteiger partial charge in [-0.05, 0) is 68.2 Å². The van der Waals surface area contributed by atoms with Gasteiger partial charge in [-0.15, -0.1) is 0 Å². The van der Waals surface area contributed by atoms with Crippen molar-refractivity contribution in [1.82, 2.24) is 0 Å². The van der Waals surface area contributed by atoms with E-state index in [9.17, 15) is 0 Å². The summed E-state index contributed by atoms with van der Waals surface area (Å²) in [6.07, 6.45) is 15.9. The Morgan fingerprint density at radius 2 is 1.49 bits per heavy atom. The first-order valence-corrected chi connectivity index (χ1v) is 16.9. The fourth-order valence-corrected chi connectivity index (χ4v) is 6.05. The molecular weight excluding hydrogens is 498 g/mol. The van der Waals surface area contributed by atoms with Gasteiger partial charge in [0.15, 0.2) is 0 Å². The Balaban J connectivity index is 0.000000403. The molecular formula is C38H65N3. The van der Waals surface area contributed by atoms with E-state index in [1.54, 1.807) is 0 Å². The zero-order valence-corrected chi connectivity index (χ0v) is 28.4. The van der Waals surface area contributed by atoms with Crippen molar-refractivity contribution in [2.75, 3.05) is 24.7 Å². The molecule has 3 nitrogen and oxygen atoms in total. The zero-order valence-electron chi connectivity index (χ0n) is 28.4. The molecule has 41 heavy (non-hydrogen) atoms. The van der Waals surface area contributed by atoms with Crippen LogP contribution in [-0.4, -0.2) is 25.8 Å². The van der Waals surface area contributed by atoms with Gasteiger partial charge < -0.3 is 10.6 Å². The Morgan fingerprint density at radius 3 is 2.00 bits per heavy atom. The van der Waals surface area contributed by atoms with Gasteiger partial charge in [-0.3, -0.25) is 4.99 Å². The highest BCUT2D eigenvalue weighted by atomic mass is 14.9. The standard InChI is InChI=1S/C22H36N2.C8H11N.C8H18/c1-5-11-19(16-17(2)3)24-21-15-10-9-14-20(21)22(23-4)18-12-7-6-8-13-18;1-7-4-3-5-8(6-7)9-2;1-4-6-8(3)7-5-2/h9-10,14-15,17-19,24H,5-8,11-13,16H2,1-4H3;3-6,9H,1-2H3;8H,4-7H2,1-3H3. The predicted octanol–water partition coefficient (Wildman–Crippen LogP) is 11.6. The zero-order chi connectivity index (χ0) is 30.5. The smallest absolute Gasteiger partial charge is 0.0468 e. The second-order valence-electron chi connectivity index (χ2n) is 12.6. The maximum atomic E-state index is 4.73. The lowest BCUT2D eigenvalue weighted by Gasteiger charge is -2.27. The van der Waals surface area contributed by atoms with E-state index in [0.717, 1.165) is 11.8 Å². The average molecular weight is 564 g/mol. The van der Waals surface area contributed by atoms with Crippen LogP contribution in [0, 0.1) is 24.7 Å². The topological polar surface area (TPSA) is 36.4 Å². The number of nitrogens with one attached hydrogen (secondary N) is 2. The maximum Gasteiger partial charge on any atom is 0.0468 e. The van der Waals surface area contributed by atoms with Crippen LogP contribution in [0.4, 0.5) is 11.4 Å². The third-order valence-corrected chi connectivity index (χ3v) is 8.06. The molecule has 1 unspecified atom stereocenters. The van der Waals surface area contributed by atoms with Gasteiger partial charge in [-0.2, -0.15) is 0 Å². The molecule has 0 aliphatic heterocycles. The summed E-state index contributed by atoms with van der Waals surface area (Å²) in [4.78, 5) is 4.73. The van der Waals surface area contributed by atoms with Gasteiger partial charge in [0.05, 0.1) is 0 Å². The average Bonchev–Trinajstić information content (AvgIpc) is 2.96. The van der Waals surface area contributed by atoms with Crippen molar-refractivity contribution in [2.24, 2.45) is 22.7 Å². The Morgan fingerprint density at radius 1 is 0.854 bits per heavy atom. The van der Waals surface area contributed by atoms with Crippen LogP contribution in [0.15, 0.2) is 53.5 Å². The van der Waals surface area contributed by atoms with Gasteiger partial charge in [0, 0.05) is 48.7 Å². The fraction of sp³-hybridized carbons (Fsp3) is 0.658. The fourth-order valence-electron chi connectivity index (χ4n) is 6.05. The summed E-state index contributed by atoms with van der Waals surface area (Å²) in [7, 11) is 3.90. The number of aliphatic imine (C=N–C) groups is 1. The van der Waals surface area contributed by atoms with Crippen LogP contribution in [0.25, 0.3) is 0 Å². The molecule has 3 rings (SSSR count). The number of hydrogen-bond donors (Lipinski definition) is 2. The van der Waals surface area contributed by atoms with Crippen molar-refractivity contribution in [1.29, 1.82) is 0 Å². The lowest BCUT2D eigenvalue weighted by molar-refractivity contribution is 0.439. The van der Waals surface area contributed by atoms with Crippen LogP contribution in [0.1, 0.15) is 130 Å². The number of rotatable bonds is 13. The molecule has 0 aromatic heterocycles. The molecule has 1 aliphatic rings. The van der Waals surface area contributed by atoms with Crippen LogP contribution in [-0.2, 0) is 0 Å². The summed E-state index contributed by atoms with van der Waals surface area (Å²) in [5, 5.41) is 6.92. The molecule has 0 radical (unpaired) electrons. The molecule has 0 spiro atoms. The van der Waals surface area contributed by atoms with Gasteiger partial charge in [-0.25, -0.2) is 0 Å². The molecule has 2 aromatic carbocycles. The molecule has 0 bridgehead atoms. The van der Waals surface area contributed by atoms with Crippen LogP contribution >= 0.6 is 0 Å². The number of hydrogen-bond acceptors (Lipinski definition) is 3. The third kappa shape index (κ3) is 15.5. The molecule has 2 N–H and O–H groups in total. The minimum atomic E-state index is 0.556. The second-order valence-corrected chi connectivity index (χ2v) is 12.6. The molecule has 3 heteroatoms. The van der Waals surface area contributed by atoms with Gasteiger partial charge >= 0.3 is 0 Å². The summed E-state index contributed by atoms with van der Waals surface area (Å²) in [5.41, 5.74) is 6.40. The van der Waals surface area contributed by atoms with Crippen LogP contribution < -0.4 is 10.6 Å². The minimum absolute atomic E-state index is 0.556. The van der Waals surface area contributed by atoms with Crippen LogP contribution in [0.2, 0.25) is 0 Å². The van der Waals surface area contributed by atoms with E-state index in [1.165, 1.54) is 105 Å². The highest BCUT2D eigenvalue weighted by Crippen LogP contribution is 2.31. The minimum Gasteiger partial charge on any atom is -0.388 e. The van der Waals surface area contributed by atoms with E-state index in [-0.39, 0.29) is 0 Å². The van der Waals surface area contributed by atoms with Gasteiger partial charge in [-0.1, -0.05) is 123 Å². The number of para-hydroxylation sites is 1. The molecule has 0 amide bonds. The summed E-state index contributed by atoms with van der Waals surface area (Å²) in [5.74, 6) is 2.32. The van der Waals surface area contributed by atoms with Crippen molar-refractivity contribution in [3.63, 3.8) is 0 Å². The van der Waals surface area contributed by atoms with Crippen molar-refractivity contribution >= 4 is 17.1 Å². The van der Waals surface area contributed by atoms with E-state index < -0.39 is 0 Å². The highest BCUT2D eigenvalue weighted by molar-refractivity contribution is 6.06. The molecule has 0 heterocycles. The molecule has 2 aromatic rings. The third-order valence-electron chi connectivity index (χ3n) is 8.06. The molecule has 1 aliphatic carbocycles.